The number of likely N-dealkylation sites (N-methyl/N-ethyl adjacent to an activating group) is 1. The molecule has 2 rings (SSSR count). The van der Waals surface area contributed by atoms with Gasteiger partial charge in [0.1, 0.15) is 0 Å². The monoisotopic (exact) mass is 247 g/mol. The van der Waals surface area contributed by atoms with Crippen molar-refractivity contribution in [1.82, 2.24) is 4.90 Å². The number of nitrogens with zero attached hydrogens (tertiary/aromatic N) is 1. The average Bonchev–Trinajstić information content (AvgIpc) is 2.95. The summed E-state index contributed by atoms with van der Waals surface area (Å²) in [5, 5.41) is 10.4. The SMILES string of the molecule is C[C@H]([C@H](O)c1ccccc1)N(C)C[C@@H]1CC1(C)C. The third-order valence-corrected chi connectivity index (χ3v) is 4.52. The van der Waals surface area contributed by atoms with Gasteiger partial charge in [0.25, 0.3) is 0 Å². The molecule has 0 heterocycles. The van der Waals surface area contributed by atoms with Crippen LogP contribution in [-0.4, -0.2) is 29.6 Å². The number of benzene rings is 1. The van der Waals surface area contributed by atoms with Gasteiger partial charge in [-0.1, -0.05) is 44.2 Å². The van der Waals surface area contributed by atoms with Gasteiger partial charge in [-0.3, -0.25) is 0 Å². The fraction of sp³-hybridized carbons (Fsp3) is 0.625. The van der Waals surface area contributed by atoms with E-state index in [2.05, 4.69) is 32.7 Å². The third-order valence-electron chi connectivity index (χ3n) is 4.52. The molecule has 0 bridgehead atoms. The van der Waals surface area contributed by atoms with Gasteiger partial charge >= 0.3 is 0 Å². The van der Waals surface area contributed by atoms with E-state index in [-0.39, 0.29) is 6.04 Å². The summed E-state index contributed by atoms with van der Waals surface area (Å²) in [4.78, 5) is 2.29. The van der Waals surface area contributed by atoms with Crippen LogP contribution >= 0.6 is 0 Å². The van der Waals surface area contributed by atoms with Gasteiger partial charge in [0.05, 0.1) is 6.10 Å². The topological polar surface area (TPSA) is 23.5 Å². The maximum atomic E-state index is 10.4. The Morgan fingerprint density at radius 2 is 1.89 bits per heavy atom. The summed E-state index contributed by atoms with van der Waals surface area (Å²) in [6.45, 7) is 7.83. The van der Waals surface area contributed by atoms with Crippen molar-refractivity contribution >= 4 is 0 Å². The maximum absolute atomic E-state index is 10.4. The molecule has 0 radical (unpaired) electrons. The van der Waals surface area contributed by atoms with E-state index in [0.29, 0.717) is 5.41 Å². The van der Waals surface area contributed by atoms with E-state index < -0.39 is 6.10 Å². The molecule has 1 N–H and O–H groups in total. The van der Waals surface area contributed by atoms with Gasteiger partial charge in [-0.15, -0.1) is 0 Å². The van der Waals surface area contributed by atoms with Crippen molar-refractivity contribution in [2.45, 2.75) is 39.3 Å². The second-order valence-corrected chi connectivity index (χ2v) is 6.43. The Morgan fingerprint density at radius 1 is 1.33 bits per heavy atom. The molecule has 18 heavy (non-hydrogen) atoms. The smallest absolute Gasteiger partial charge is 0.0942 e. The van der Waals surface area contributed by atoms with Gasteiger partial charge in [0.2, 0.25) is 0 Å². The molecule has 0 aromatic heterocycles. The van der Waals surface area contributed by atoms with Crippen molar-refractivity contribution < 1.29 is 5.11 Å². The first kappa shape index (κ1) is 13.6. The Morgan fingerprint density at radius 3 is 2.39 bits per heavy atom. The summed E-state index contributed by atoms with van der Waals surface area (Å²) in [5.74, 6) is 0.785. The molecule has 1 saturated carbocycles. The van der Waals surface area contributed by atoms with Gasteiger partial charge in [-0.25, -0.2) is 0 Å². The molecular weight excluding hydrogens is 222 g/mol. The molecule has 1 aliphatic carbocycles. The minimum absolute atomic E-state index is 0.156. The lowest BCUT2D eigenvalue weighted by Gasteiger charge is -2.29. The first-order valence-electron chi connectivity index (χ1n) is 6.85. The van der Waals surface area contributed by atoms with E-state index in [1.807, 2.05) is 30.3 Å². The molecule has 0 amide bonds. The first-order chi connectivity index (χ1) is 8.42. The molecular formula is C16H25NO. The standard InChI is InChI=1S/C16H25NO/c1-12(15(18)13-8-6-5-7-9-13)17(4)11-14-10-16(14,2)3/h5-9,12,14-15,18H,10-11H2,1-4H3/t12-,14+,15+/m1/s1. The van der Waals surface area contributed by atoms with E-state index in [4.69, 9.17) is 0 Å². The maximum Gasteiger partial charge on any atom is 0.0942 e. The first-order valence-corrected chi connectivity index (χ1v) is 6.85. The Hall–Kier alpha value is -0.860. The summed E-state index contributed by atoms with van der Waals surface area (Å²) in [6, 6.07) is 10.1. The highest BCUT2D eigenvalue weighted by Gasteiger charge is 2.46. The van der Waals surface area contributed by atoms with Crippen LogP contribution in [0.5, 0.6) is 0 Å². The normalized spacial score (nSPS) is 24.9. The molecule has 0 saturated heterocycles. The van der Waals surface area contributed by atoms with E-state index in [0.717, 1.165) is 18.0 Å². The zero-order chi connectivity index (χ0) is 13.3. The van der Waals surface area contributed by atoms with Gasteiger partial charge in [-0.2, -0.15) is 0 Å². The Kier molecular flexibility index (Phi) is 3.79. The van der Waals surface area contributed by atoms with Crippen LogP contribution in [0.3, 0.4) is 0 Å². The predicted octanol–water partition coefficient (Wildman–Crippen LogP) is 3.09. The van der Waals surface area contributed by atoms with E-state index in [9.17, 15) is 5.11 Å². The number of aliphatic hydroxyl groups is 1. The highest BCUT2D eigenvalue weighted by Crippen LogP contribution is 2.51. The van der Waals surface area contributed by atoms with Crippen LogP contribution in [0.4, 0.5) is 0 Å². The Bertz CT molecular complexity index is 387. The lowest BCUT2D eigenvalue weighted by Crippen LogP contribution is -2.36. The van der Waals surface area contributed by atoms with Crippen molar-refractivity contribution in [2.75, 3.05) is 13.6 Å². The second kappa shape index (κ2) is 5.02. The van der Waals surface area contributed by atoms with Crippen molar-refractivity contribution in [3.63, 3.8) is 0 Å². The van der Waals surface area contributed by atoms with E-state index in [1.54, 1.807) is 0 Å². The van der Waals surface area contributed by atoms with Crippen LogP contribution < -0.4 is 0 Å². The summed E-state index contributed by atoms with van der Waals surface area (Å²) >= 11 is 0. The third kappa shape index (κ3) is 2.93. The Labute approximate surface area is 111 Å². The number of hydrogen-bond acceptors (Lipinski definition) is 2. The predicted molar refractivity (Wildman–Crippen MR) is 75.4 cm³/mol. The lowest BCUT2D eigenvalue weighted by molar-refractivity contribution is 0.0684. The second-order valence-electron chi connectivity index (χ2n) is 6.43. The minimum atomic E-state index is -0.405. The molecule has 0 aliphatic heterocycles. The summed E-state index contributed by atoms with van der Waals surface area (Å²) < 4.78 is 0. The molecule has 100 valence electrons. The van der Waals surface area contributed by atoms with Crippen LogP contribution in [0, 0.1) is 11.3 Å². The summed E-state index contributed by atoms with van der Waals surface area (Å²) in [7, 11) is 2.12. The van der Waals surface area contributed by atoms with Crippen molar-refractivity contribution in [2.24, 2.45) is 11.3 Å². The summed E-state index contributed by atoms with van der Waals surface area (Å²) in [5.41, 5.74) is 1.51. The fourth-order valence-corrected chi connectivity index (χ4v) is 2.57. The number of aliphatic hydroxyl groups excluding tert-OH is 1. The van der Waals surface area contributed by atoms with Gasteiger partial charge in [-0.05, 0) is 37.3 Å². The summed E-state index contributed by atoms with van der Waals surface area (Å²) in [6.07, 6.45) is 0.906. The van der Waals surface area contributed by atoms with Crippen LogP contribution in [0.1, 0.15) is 38.9 Å². The van der Waals surface area contributed by atoms with Gasteiger partial charge in [0, 0.05) is 12.6 Å². The highest BCUT2D eigenvalue weighted by atomic mass is 16.3. The molecule has 1 fully saturated rings. The zero-order valence-corrected chi connectivity index (χ0v) is 11.9. The van der Waals surface area contributed by atoms with E-state index >= 15 is 0 Å². The largest absolute Gasteiger partial charge is 0.387 e. The van der Waals surface area contributed by atoms with Gasteiger partial charge < -0.3 is 10.0 Å². The number of hydrogen-bond donors (Lipinski definition) is 1. The molecule has 2 heteroatoms. The molecule has 1 aromatic rings. The van der Waals surface area contributed by atoms with Crippen LogP contribution in [0.25, 0.3) is 0 Å². The minimum Gasteiger partial charge on any atom is -0.387 e. The molecule has 1 aliphatic rings. The quantitative estimate of drug-likeness (QED) is 0.864. The van der Waals surface area contributed by atoms with Crippen molar-refractivity contribution in [3.05, 3.63) is 35.9 Å². The van der Waals surface area contributed by atoms with Gasteiger partial charge in [0.15, 0.2) is 0 Å². The van der Waals surface area contributed by atoms with Crippen LogP contribution in [0.2, 0.25) is 0 Å². The lowest BCUT2D eigenvalue weighted by atomic mass is 10.0. The zero-order valence-electron chi connectivity index (χ0n) is 11.9. The average molecular weight is 247 g/mol. The molecule has 0 unspecified atom stereocenters. The molecule has 1 aromatic carbocycles. The highest BCUT2D eigenvalue weighted by molar-refractivity contribution is 5.18. The van der Waals surface area contributed by atoms with Crippen LogP contribution in [-0.2, 0) is 0 Å². The molecule has 3 atom stereocenters. The molecule has 0 spiro atoms. The van der Waals surface area contributed by atoms with E-state index in [1.165, 1.54) is 6.42 Å². The van der Waals surface area contributed by atoms with Crippen molar-refractivity contribution in [3.8, 4) is 0 Å². The Balaban J connectivity index is 1.92. The van der Waals surface area contributed by atoms with Crippen LogP contribution in [0.15, 0.2) is 30.3 Å². The fourth-order valence-electron chi connectivity index (χ4n) is 2.57. The molecule has 2 nitrogen and oxygen atoms in total. The van der Waals surface area contributed by atoms with Crippen molar-refractivity contribution in [1.29, 1.82) is 0 Å². The number of rotatable bonds is 5.